The van der Waals surface area contributed by atoms with Crippen LogP contribution in [0.1, 0.15) is 19.3 Å². The van der Waals surface area contributed by atoms with Crippen LogP contribution in [0.2, 0.25) is 0 Å². The second kappa shape index (κ2) is 5.90. The van der Waals surface area contributed by atoms with Crippen LogP contribution >= 0.6 is 0 Å². The normalized spacial score (nSPS) is 11.5. The lowest BCUT2D eigenvalue weighted by atomic mass is 10.2. The van der Waals surface area contributed by atoms with E-state index in [-0.39, 0.29) is 5.84 Å². The van der Waals surface area contributed by atoms with Crippen LogP contribution in [-0.4, -0.2) is 27.8 Å². The molecule has 0 radical (unpaired) electrons. The van der Waals surface area contributed by atoms with E-state index < -0.39 is 10.2 Å². The molecule has 0 aliphatic heterocycles. The molecule has 78 valence electrons. The molecule has 0 aromatic carbocycles. The van der Waals surface area contributed by atoms with Gasteiger partial charge < -0.3 is 5.73 Å². The fourth-order valence-corrected chi connectivity index (χ4v) is 1.28. The second-order valence-electron chi connectivity index (χ2n) is 2.58. The van der Waals surface area contributed by atoms with Gasteiger partial charge in [-0.1, -0.05) is 0 Å². The van der Waals surface area contributed by atoms with Crippen molar-refractivity contribution < 1.29 is 8.42 Å². The summed E-state index contributed by atoms with van der Waals surface area (Å²) >= 11 is 0. The molecule has 0 heterocycles. The molecule has 0 fully saturated rings. The summed E-state index contributed by atoms with van der Waals surface area (Å²) in [6, 6.07) is 0. The van der Waals surface area contributed by atoms with E-state index in [1.54, 1.807) is 0 Å². The zero-order valence-corrected chi connectivity index (χ0v) is 8.45. The molecule has 5 N–H and O–H groups in total. The van der Waals surface area contributed by atoms with Crippen molar-refractivity contribution in [3.63, 3.8) is 0 Å². The standard InChI is InChI=1S/C6H16N4O2S/c1-9-13(11,12)10-5-3-2-4-6(7)8/h9-10H,2-5H2,1H3,(H3,7,8). The number of hydrogen-bond acceptors (Lipinski definition) is 3. The van der Waals surface area contributed by atoms with Crippen molar-refractivity contribution in [3.8, 4) is 0 Å². The van der Waals surface area contributed by atoms with Crippen LogP contribution in [0.3, 0.4) is 0 Å². The molecule has 0 unspecified atom stereocenters. The first kappa shape index (κ1) is 12.3. The third kappa shape index (κ3) is 7.69. The molecule has 7 heteroatoms. The molecular weight excluding hydrogens is 192 g/mol. The average molecular weight is 208 g/mol. The fourth-order valence-electron chi connectivity index (χ4n) is 0.719. The second-order valence-corrected chi connectivity index (χ2v) is 4.29. The SMILES string of the molecule is CNS(=O)(=O)NCCCCC(=N)N. The third-order valence-corrected chi connectivity index (χ3v) is 2.56. The van der Waals surface area contributed by atoms with Gasteiger partial charge in [-0.25, -0.2) is 9.44 Å². The van der Waals surface area contributed by atoms with Crippen LogP contribution in [0.5, 0.6) is 0 Å². The zero-order chi connectivity index (χ0) is 10.3. The Kier molecular flexibility index (Phi) is 5.60. The third-order valence-electron chi connectivity index (χ3n) is 1.43. The van der Waals surface area contributed by atoms with Gasteiger partial charge in [-0.3, -0.25) is 5.41 Å². The highest BCUT2D eigenvalue weighted by molar-refractivity contribution is 7.87. The van der Waals surface area contributed by atoms with Gasteiger partial charge in [0.15, 0.2) is 0 Å². The van der Waals surface area contributed by atoms with Crippen LogP contribution in [0, 0.1) is 5.41 Å². The lowest BCUT2D eigenvalue weighted by Crippen LogP contribution is -2.34. The van der Waals surface area contributed by atoms with Gasteiger partial charge in [-0.15, -0.1) is 0 Å². The van der Waals surface area contributed by atoms with Gasteiger partial charge in [-0.2, -0.15) is 8.42 Å². The van der Waals surface area contributed by atoms with Gasteiger partial charge in [0.1, 0.15) is 0 Å². The topological polar surface area (TPSA) is 108 Å². The smallest absolute Gasteiger partial charge is 0.276 e. The van der Waals surface area contributed by atoms with Crippen LogP contribution in [0.4, 0.5) is 0 Å². The molecule has 0 saturated carbocycles. The highest BCUT2D eigenvalue weighted by Crippen LogP contribution is 1.92. The molecule has 0 bridgehead atoms. The minimum atomic E-state index is -3.31. The Morgan fingerprint density at radius 1 is 1.46 bits per heavy atom. The summed E-state index contributed by atoms with van der Waals surface area (Å²) in [4.78, 5) is 0. The minimum Gasteiger partial charge on any atom is -0.388 e. The summed E-state index contributed by atoms with van der Waals surface area (Å²) in [5, 5.41) is 6.92. The van der Waals surface area contributed by atoms with Crippen molar-refractivity contribution in [2.24, 2.45) is 5.73 Å². The van der Waals surface area contributed by atoms with E-state index >= 15 is 0 Å². The van der Waals surface area contributed by atoms with E-state index in [0.717, 1.165) is 6.42 Å². The van der Waals surface area contributed by atoms with Crippen LogP contribution < -0.4 is 15.2 Å². The monoisotopic (exact) mass is 208 g/mol. The Morgan fingerprint density at radius 2 is 2.08 bits per heavy atom. The molecule has 0 saturated heterocycles. The summed E-state index contributed by atoms with van der Waals surface area (Å²) in [6.07, 6.45) is 1.92. The fraction of sp³-hybridized carbons (Fsp3) is 0.833. The number of unbranched alkanes of at least 4 members (excludes halogenated alkanes) is 1. The van der Waals surface area contributed by atoms with Crippen molar-refractivity contribution in [3.05, 3.63) is 0 Å². The molecular formula is C6H16N4O2S. The van der Waals surface area contributed by atoms with Crippen molar-refractivity contribution in [1.82, 2.24) is 9.44 Å². The van der Waals surface area contributed by atoms with Crippen molar-refractivity contribution >= 4 is 16.0 Å². The molecule has 0 aromatic rings. The van der Waals surface area contributed by atoms with E-state index in [1.807, 2.05) is 0 Å². The summed E-state index contributed by atoms with van der Waals surface area (Å²) in [5.41, 5.74) is 5.12. The van der Waals surface area contributed by atoms with Crippen molar-refractivity contribution in [2.75, 3.05) is 13.6 Å². The first-order valence-corrected chi connectivity index (χ1v) is 5.47. The highest BCUT2D eigenvalue weighted by atomic mass is 32.2. The van der Waals surface area contributed by atoms with Gasteiger partial charge in [0.25, 0.3) is 10.2 Å². The first-order chi connectivity index (χ1) is 5.98. The molecule has 13 heavy (non-hydrogen) atoms. The Labute approximate surface area is 78.6 Å². The Morgan fingerprint density at radius 3 is 2.54 bits per heavy atom. The lowest BCUT2D eigenvalue weighted by Gasteiger charge is -2.03. The summed E-state index contributed by atoms with van der Waals surface area (Å²) in [5.74, 6) is 0.136. The summed E-state index contributed by atoms with van der Waals surface area (Å²) in [6.45, 7) is 0.371. The van der Waals surface area contributed by atoms with Gasteiger partial charge in [0.2, 0.25) is 0 Å². The van der Waals surface area contributed by atoms with Crippen molar-refractivity contribution in [1.29, 1.82) is 5.41 Å². The van der Waals surface area contributed by atoms with Crippen LogP contribution in [0.25, 0.3) is 0 Å². The predicted octanol–water partition coefficient (Wildman–Crippen LogP) is -0.854. The first-order valence-electron chi connectivity index (χ1n) is 3.99. The quantitative estimate of drug-likeness (QED) is 0.248. The van der Waals surface area contributed by atoms with Crippen molar-refractivity contribution in [2.45, 2.75) is 19.3 Å². The van der Waals surface area contributed by atoms with Gasteiger partial charge in [0, 0.05) is 20.0 Å². The maximum absolute atomic E-state index is 10.8. The molecule has 0 aliphatic carbocycles. The number of nitrogens with two attached hydrogens (primary N) is 1. The summed E-state index contributed by atoms with van der Waals surface area (Å²) < 4.78 is 26.1. The minimum absolute atomic E-state index is 0.136. The molecule has 0 aromatic heterocycles. The largest absolute Gasteiger partial charge is 0.388 e. The molecule has 0 atom stereocenters. The van der Waals surface area contributed by atoms with Crippen LogP contribution in [-0.2, 0) is 10.2 Å². The van der Waals surface area contributed by atoms with E-state index in [1.165, 1.54) is 7.05 Å². The van der Waals surface area contributed by atoms with Gasteiger partial charge in [0.05, 0.1) is 5.84 Å². The van der Waals surface area contributed by atoms with E-state index in [9.17, 15) is 8.42 Å². The maximum atomic E-state index is 10.8. The van der Waals surface area contributed by atoms with E-state index in [2.05, 4.69) is 9.44 Å². The Balaban J connectivity index is 3.42. The number of rotatable bonds is 7. The number of nitrogens with one attached hydrogen (secondary N) is 3. The highest BCUT2D eigenvalue weighted by Gasteiger charge is 2.03. The maximum Gasteiger partial charge on any atom is 0.276 e. The zero-order valence-electron chi connectivity index (χ0n) is 7.63. The molecule has 0 rings (SSSR count). The molecule has 0 spiro atoms. The summed E-state index contributed by atoms with van der Waals surface area (Å²) in [7, 11) is -1.96. The predicted molar refractivity (Wildman–Crippen MR) is 51.7 cm³/mol. The Hall–Kier alpha value is -0.660. The van der Waals surface area contributed by atoms with Gasteiger partial charge in [-0.05, 0) is 12.8 Å². The van der Waals surface area contributed by atoms with E-state index in [0.29, 0.717) is 19.4 Å². The molecule has 0 amide bonds. The lowest BCUT2D eigenvalue weighted by molar-refractivity contribution is 0.569. The van der Waals surface area contributed by atoms with E-state index in [4.69, 9.17) is 11.1 Å². The molecule has 6 nitrogen and oxygen atoms in total. The van der Waals surface area contributed by atoms with Crippen LogP contribution in [0.15, 0.2) is 0 Å². The van der Waals surface area contributed by atoms with Gasteiger partial charge >= 0.3 is 0 Å². The average Bonchev–Trinajstić information content (AvgIpc) is 2.03. The number of hydrogen-bond donors (Lipinski definition) is 4. The molecule has 0 aliphatic rings. The Bertz CT molecular complexity index is 249. The number of amidine groups is 1.